The molecule has 0 aromatic heterocycles. The highest BCUT2D eigenvalue weighted by Crippen LogP contribution is 2.49. The second-order valence-electron chi connectivity index (χ2n) is 6.42. The fraction of sp³-hybridized carbons (Fsp3) is 0.875. The number of hydrogen-bond donors (Lipinski definition) is 0. The molecule has 0 N–H and O–H groups in total. The van der Waals surface area contributed by atoms with Crippen LogP contribution in [0.3, 0.4) is 0 Å². The maximum Gasteiger partial charge on any atom is 0.353 e. The summed E-state index contributed by atoms with van der Waals surface area (Å²) in [5.41, 5.74) is -0.750. The molecule has 1 heterocycles. The SMILES string of the molecule is CCCCC(CC)CC12CCCCC1C(=O)OOOC2=O. The second-order valence-corrected chi connectivity index (χ2v) is 6.42. The molecule has 5 heteroatoms. The van der Waals surface area contributed by atoms with Gasteiger partial charge in [-0.3, -0.25) is 9.78 Å². The van der Waals surface area contributed by atoms with Gasteiger partial charge in [-0.2, -0.15) is 0 Å². The lowest BCUT2D eigenvalue weighted by molar-refractivity contribution is -0.457. The van der Waals surface area contributed by atoms with Crippen LogP contribution < -0.4 is 0 Å². The molecule has 2 fully saturated rings. The van der Waals surface area contributed by atoms with Gasteiger partial charge >= 0.3 is 11.9 Å². The highest BCUT2D eigenvalue weighted by atomic mass is 17.5. The molecule has 1 aliphatic carbocycles. The van der Waals surface area contributed by atoms with Gasteiger partial charge in [-0.05, 0) is 25.2 Å². The minimum absolute atomic E-state index is 0.420. The average Bonchev–Trinajstić information content (AvgIpc) is 2.62. The molecule has 3 unspecified atom stereocenters. The maximum absolute atomic E-state index is 12.5. The molecule has 0 aromatic carbocycles. The van der Waals surface area contributed by atoms with Crippen molar-refractivity contribution in [2.24, 2.45) is 17.3 Å². The van der Waals surface area contributed by atoms with E-state index in [9.17, 15) is 9.59 Å². The van der Waals surface area contributed by atoms with E-state index in [1.807, 2.05) is 0 Å². The fourth-order valence-electron chi connectivity index (χ4n) is 3.84. The summed E-state index contributed by atoms with van der Waals surface area (Å²) in [6.45, 7) is 4.31. The van der Waals surface area contributed by atoms with Gasteiger partial charge in [-0.25, -0.2) is 9.59 Å². The van der Waals surface area contributed by atoms with Crippen LogP contribution in [-0.4, -0.2) is 11.9 Å². The van der Waals surface area contributed by atoms with Crippen molar-refractivity contribution in [2.45, 2.75) is 71.6 Å². The van der Waals surface area contributed by atoms with Crippen LogP contribution in [0.5, 0.6) is 0 Å². The van der Waals surface area contributed by atoms with E-state index in [0.29, 0.717) is 25.2 Å². The van der Waals surface area contributed by atoms with Crippen LogP contribution in [0.2, 0.25) is 0 Å². The van der Waals surface area contributed by atoms with Gasteiger partial charge < -0.3 is 0 Å². The molecule has 2 rings (SSSR count). The Labute approximate surface area is 126 Å². The fourth-order valence-corrected chi connectivity index (χ4v) is 3.84. The zero-order valence-corrected chi connectivity index (χ0v) is 13.1. The third-order valence-electron chi connectivity index (χ3n) is 5.15. The molecule has 0 spiro atoms. The molecule has 1 saturated carbocycles. The molecule has 1 aliphatic heterocycles. The van der Waals surface area contributed by atoms with Crippen molar-refractivity contribution in [3.05, 3.63) is 0 Å². The van der Waals surface area contributed by atoms with Gasteiger partial charge in [0.1, 0.15) is 0 Å². The van der Waals surface area contributed by atoms with E-state index in [-0.39, 0.29) is 0 Å². The lowest BCUT2D eigenvalue weighted by Gasteiger charge is -2.39. The molecule has 21 heavy (non-hydrogen) atoms. The van der Waals surface area contributed by atoms with Crippen molar-refractivity contribution in [1.82, 2.24) is 0 Å². The first kappa shape index (κ1) is 16.3. The van der Waals surface area contributed by atoms with Gasteiger partial charge in [0.25, 0.3) is 0 Å². The van der Waals surface area contributed by atoms with Crippen LogP contribution in [0.25, 0.3) is 0 Å². The molecule has 120 valence electrons. The molecule has 0 bridgehead atoms. The van der Waals surface area contributed by atoms with Gasteiger partial charge in [0.2, 0.25) is 0 Å². The molecule has 0 aromatic rings. The summed E-state index contributed by atoms with van der Waals surface area (Å²) in [7, 11) is 0. The first-order valence-electron chi connectivity index (χ1n) is 8.23. The van der Waals surface area contributed by atoms with Crippen molar-refractivity contribution in [3.63, 3.8) is 0 Å². The largest absolute Gasteiger partial charge is 0.353 e. The van der Waals surface area contributed by atoms with E-state index in [2.05, 4.69) is 23.8 Å². The number of hydrogen-bond acceptors (Lipinski definition) is 5. The van der Waals surface area contributed by atoms with E-state index >= 15 is 0 Å². The zero-order valence-electron chi connectivity index (χ0n) is 13.1. The van der Waals surface area contributed by atoms with Crippen LogP contribution >= 0.6 is 0 Å². The summed E-state index contributed by atoms with van der Waals surface area (Å²) in [5, 5.41) is 4.33. The number of fused-ring (bicyclic) bond motifs is 1. The van der Waals surface area contributed by atoms with Crippen LogP contribution in [-0.2, 0) is 24.4 Å². The van der Waals surface area contributed by atoms with Crippen molar-refractivity contribution < 1.29 is 24.4 Å². The molecular weight excluding hydrogens is 272 g/mol. The number of rotatable bonds is 6. The highest BCUT2D eigenvalue weighted by molar-refractivity contribution is 5.86. The van der Waals surface area contributed by atoms with Crippen LogP contribution in [0.15, 0.2) is 0 Å². The van der Waals surface area contributed by atoms with E-state index < -0.39 is 23.3 Å². The van der Waals surface area contributed by atoms with Crippen molar-refractivity contribution >= 4 is 11.9 Å². The summed E-state index contributed by atoms with van der Waals surface area (Å²) < 4.78 is 0. The monoisotopic (exact) mass is 298 g/mol. The standard InChI is InChI=1S/C16H26O5/c1-3-5-8-12(4-2)11-16-10-7-6-9-13(16)14(17)19-21-20-15(16)18/h12-13H,3-11H2,1-2H3. The molecular formula is C16H26O5. The Kier molecular flexibility index (Phi) is 5.62. The third-order valence-corrected chi connectivity index (χ3v) is 5.15. The predicted octanol–water partition coefficient (Wildman–Crippen LogP) is 3.72. The van der Waals surface area contributed by atoms with Crippen molar-refractivity contribution in [2.75, 3.05) is 0 Å². The van der Waals surface area contributed by atoms with Crippen LogP contribution in [0.1, 0.15) is 71.6 Å². The Morgan fingerprint density at radius 1 is 1.24 bits per heavy atom. The van der Waals surface area contributed by atoms with Crippen LogP contribution in [0.4, 0.5) is 0 Å². The molecule has 3 atom stereocenters. The number of carbonyl (C=O) groups is 2. The van der Waals surface area contributed by atoms with E-state index in [1.165, 1.54) is 0 Å². The van der Waals surface area contributed by atoms with Gasteiger partial charge in [0.15, 0.2) is 0 Å². The number of carbonyl (C=O) groups excluding carboxylic acids is 2. The minimum atomic E-state index is -0.750. The second kappa shape index (κ2) is 7.25. The summed E-state index contributed by atoms with van der Waals surface area (Å²) in [4.78, 5) is 33.9. The average molecular weight is 298 g/mol. The van der Waals surface area contributed by atoms with E-state index in [1.54, 1.807) is 0 Å². The van der Waals surface area contributed by atoms with Gasteiger partial charge in [-0.15, -0.1) is 0 Å². The Morgan fingerprint density at radius 2 is 2.05 bits per heavy atom. The summed E-state index contributed by atoms with van der Waals surface area (Å²) in [6.07, 6.45) is 8.36. The lowest BCUT2D eigenvalue weighted by atomic mass is 9.61. The molecule has 1 saturated heterocycles. The van der Waals surface area contributed by atoms with Gasteiger partial charge in [0, 0.05) is 5.04 Å². The maximum atomic E-state index is 12.5. The van der Waals surface area contributed by atoms with E-state index in [0.717, 1.165) is 38.5 Å². The topological polar surface area (TPSA) is 61.8 Å². The molecule has 2 aliphatic rings. The normalized spacial score (nSPS) is 30.9. The lowest BCUT2D eigenvalue weighted by Crippen LogP contribution is -2.45. The number of unbranched alkanes of at least 4 members (excludes halogenated alkanes) is 1. The first-order valence-corrected chi connectivity index (χ1v) is 8.23. The Morgan fingerprint density at radius 3 is 2.76 bits per heavy atom. The highest BCUT2D eigenvalue weighted by Gasteiger charge is 2.55. The molecule has 5 nitrogen and oxygen atoms in total. The third kappa shape index (κ3) is 3.39. The quantitative estimate of drug-likeness (QED) is 0.699. The minimum Gasteiger partial charge on any atom is -0.259 e. The van der Waals surface area contributed by atoms with Crippen molar-refractivity contribution in [3.8, 4) is 0 Å². The Balaban J connectivity index is 2.22. The van der Waals surface area contributed by atoms with Crippen molar-refractivity contribution in [1.29, 1.82) is 0 Å². The summed E-state index contributed by atoms with van der Waals surface area (Å²) in [5.74, 6) is -0.861. The van der Waals surface area contributed by atoms with Crippen LogP contribution in [0, 0.1) is 17.3 Å². The smallest absolute Gasteiger partial charge is 0.259 e. The van der Waals surface area contributed by atoms with E-state index in [4.69, 9.17) is 4.89 Å². The molecule has 0 amide bonds. The Bertz CT molecular complexity index is 381. The molecule has 0 radical (unpaired) electrons. The summed E-state index contributed by atoms with van der Waals surface area (Å²) >= 11 is 0. The Hall–Kier alpha value is -1.10. The zero-order chi connectivity index (χ0) is 15.3. The predicted molar refractivity (Wildman–Crippen MR) is 75.6 cm³/mol. The van der Waals surface area contributed by atoms with Gasteiger partial charge in [0.05, 0.1) is 11.3 Å². The first-order chi connectivity index (χ1) is 10.1. The summed E-state index contributed by atoms with van der Waals surface area (Å²) in [6, 6.07) is 0. The van der Waals surface area contributed by atoms with Gasteiger partial charge in [-0.1, -0.05) is 52.4 Å².